The molecule has 0 atom stereocenters. The molecule has 1 N–H and O–H groups in total. The zero-order chi connectivity index (χ0) is 20.2. The Kier molecular flexibility index (Phi) is 5.40. The van der Waals surface area contributed by atoms with Gasteiger partial charge < -0.3 is 14.5 Å². The van der Waals surface area contributed by atoms with Crippen LogP contribution in [0.5, 0.6) is 0 Å². The second-order valence-corrected chi connectivity index (χ2v) is 7.15. The zero-order valence-corrected chi connectivity index (χ0v) is 16.6. The molecule has 0 saturated heterocycles. The molecule has 2 aromatic heterocycles. The van der Waals surface area contributed by atoms with Crippen molar-refractivity contribution in [3.8, 4) is 11.3 Å². The van der Waals surface area contributed by atoms with Crippen LogP contribution in [0.4, 0.5) is 5.69 Å². The van der Waals surface area contributed by atoms with E-state index >= 15 is 0 Å². The third kappa shape index (κ3) is 4.52. The molecule has 5 heteroatoms. The molecule has 0 aliphatic heterocycles. The number of nitrogens with one attached hydrogen (secondary N) is 1. The second-order valence-electron chi connectivity index (χ2n) is 7.15. The topological polar surface area (TPSA) is 55.6 Å². The van der Waals surface area contributed by atoms with E-state index in [1.165, 1.54) is 5.56 Å². The van der Waals surface area contributed by atoms with Gasteiger partial charge in [-0.25, -0.2) is 4.98 Å². The van der Waals surface area contributed by atoms with Gasteiger partial charge >= 0.3 is 0 Å². The molecular formula is C24H23N3O2. The largest absolute Gasteiger partial charge is 0.367 e. The Morgan fingerprint density at radius 1 is 1.07 bits per heavy atom. The lowest BCUT2D eigenvalue weighted by atomic mass is 10.1. The van der Waals surface area contributed by atoms with E-state index in [1.54, 1.807) is 0 Å². The maximum atomic E-state index is 12.3. The number of ether oxygens (including phenoxy) is 1. The number of anilines is 1. The third-order valence-corrected chi connectivity index (χ3v) is 4.77. The first kappa shape index (κ1) is 18.9. The van der Waals surface area contributed by atoms with Gasteiger partial charge in [-0.3, -0.25) is 4.79 Å². The van der Waals surface area contributed by atoms with Crippen LogP contribution >= 0.6 is 0 Å². The Labute approximate surface area is 170 Å². The van der Waals surface area contributed by atoms with Crippen molar-refractivity contribution in [2.24, 2.45) is 0 Å². The Morgan fingerprint density at radius 3 is 2.72 bits per heavy atom. The Morgan fingerprint density at radius 2 is 1.90 bits per heavy atom. The first-order valence-corrected chi connectivity index (χ1v) is 9.56. The highest BCUT2D eigenvalue weighted by Crippen LogP contribution is 2.25. The van der Waals surface area contributed by atoms with Crippen LogP contribution in [0.25, 0.3) is 16.9 Å². The summed E-state index contributed by atoms with van der Waals surface area (Å²) >= 11 is 0. The molecule has 0 fully saturated rings. The van der Waals surface area contributed by atoms with E-state index in [2.05, 4.69) is 11.4 Å². The molecular weight excluding hydrogens is 362 g/mol. The number of aromatic nitrogens is 2. The normalized spacial score (nSPS) is 11.0. The van der Waals surface area contributed by atoms with Gasteiger partial charge in [0.2, 0.25) is 5.91 Å². The smallest absolute Gasteiger partial charge is 0.250 e. The number of rotatable bonds is 6. The van der Waals surface area contributed by atoms with Crippen LogP contribution in [-0.4, -0.2) is 21.9 Å². The van der Waals surface area contributed by atoms with Crippen molar-refractivity contribution in [1.29, 1.82) is 0 Å². The number of aryl methyl sites for hydroxylation is 2. The monoisotopic (exact) mass is 385 g/mol. The molecule has 0 saturated carbocycles. The van der Waals surface area contributed by atoms with E-state index in [1.807, 2.05) is 85.2 Å². The summed E-state index contributed by atoms with van der Waals surface area (Å²) in [6.45, 7) is 4.44. The van der Waals surface area contributed by atoms with Crippen molar-refractivity contribution in [2.75, 3.05) is 11.9 Å². The molecule has 0 radical (unpaired) electrons. The summed E-state index contributed by atoms with van der Waals surface area (Å²) in [5, 5.41) is 2.95. The van der Waals surface area contributed by atoms with Crippen LogP contribution in [0.2, 0.25) is 0 Å². The van der Waals surface area contributed by atoms with Crippen LogP contribution in [0, 0.1) is 13.8 Å². The first-order valence-electron chi connectivity index (χ1n) is 9.56. The number of carbonyl (C=O) groups excluding carboxylic acids is 1. The maximum Gasteiger partial charge on any atom is 0.250 e. The molecule has 2 aromatic carbocycles. The number of pyridine rings is 1. The van der Waals surface area contributed by atoms with Crippen LogP contribution in [0.15, 0.2) is 73.1 Å². The fourth-order valence-electron chi connectivity index (χ4n) is 3.16. The predicted molar refractivity (Wildman–Crippen MR) is 115 cm³/mol. The van der Waals surface area contributed by atoms with Gasteiger partial charge in [0, 0.05) is 23.6 Å². The Balaban J connectivity index is 1.45. The van der Waals surface area contributed by atoms with E-state index in [0.29, 0.717) is 6.61 Å². The molecule has 5 nitrogen and oxygen atoms in total. The van der Waals surface area contributed by atoms with Gasteiger partial charge in [0.15, 0.2) is 0 Å². The number of hydrogen-bond acceptors (Lipinski definition) is 3. The number of amides is 1. The molecule has 0 bridgehead atoms. The average molecular weight is 385 g/mol. The number of carbonyl (C=O) groups is 1. The summed E-state index contributed by atoms with van der Waals surface area (Å²) < 4.78 is 7.53. The summed E-state index contributed by atoms with van der Waals surface area (Å²) in [6, 6.07) is 19.9. The van der Waals surface area contributed by atoms with E-state index in [9.17, 15) is 4.79 Å². The zero-order valence-electron chi connectivity index (χ0n) is 16.6. The molecule has 146 valence electrons. The van der Waals surface area contributed by atoms with E-state index in [-0.39, 0.29) is 12.5 Å². The Hall–Kier alpha value is -3.44. The predicted octanol–water partition coefficient (Wildman–Crippen LogP) is 4.77. The number of fused-ring (bicyclic) bond motifs is 1. The average Bonchev–Trinajstić information content (AvgIpc) is 3.13. The van der Waals surface area contributed by atoms with Gasteiger partial charge in [0.1, 0.15) is 12.3 Å². The van der Waals surface area contributed by atoms with Gasteiger partial charge in [0.25, 0.3) is 0 Å². The molecule has 0 unspecified atom stereocenters. The van der Waals surface area contributed by atoms with E-state index < -0.39 is 0 Å². The standard InChI is InChI=1S/C24H23N3O2/c1-17-10-11-27-14-22(25-23(27)12-17)20-9-8-18(2)21(13-20)26-24(28)16-29-15-19-6-4-3-5-7-19/h3-14H,15-16H2,1-2H3,(H,26,28). The van der Waals surface area contributed by atoms with Crippen molar-refractivity contribution in [2.45, 2.75) is 20.5 Å². The summed E-state index contributed by atoms with van der Waals surface area (Å²) in [4.78, 5) is 17.0. The minimum Gasteiger partial charge on any atom is -0.367 e. The molecule has 1 amide bonds. The first-order chi connectivity index (χ1) is 14.1. The number of benzene rings is 2. The van der Waals surface area contributed by atoms with Crippen LogP contribution in [-0.2, 0) is 16.1 Å². The second kappa shape index (κ2) is 8.29. The number of hydrogen-bond donors (Lipinski definition) is 1. The highest BCUT2D eigenvalue weighted by atomic mass is 16.5. The molecule has 4 rings (SSSR count). The van der Waals surface area contributed by atoms with Gasteiger partial charge in [-0.2, -0.15) is 0 Å². The fraction of sp³-hybridized carbons (Fsp3) is 0.167. The quantitative estimate of drug-likeness (QED) is 0.520. The molecule has 0 aliphatic rings. The molecule has 4 aromatic rings. The van der Waals surface area contributed by atoms with E-state index in [4.69, 9.17) is 9.72 Å². The Bertz CT molecular complexity index is 1150. The lowest BCUT2D eigenvalue weighted by Gasteiger charge is -2.10. The van der Waals surface area contributed by atoms with Gasteiger partial charge in [-0.05, 0) is 48.7 Å². The van der Waals surface area contributed by atoms with Gasteiger partial charge in [-0.15, -0.1) is 0 Å². The molecule has 2 heterocycles. The summed E-state index contributed by atoms with van der Waals surface area (Å²) in [5.41, 5.74) is 6.70. The van der Waals surface area contributed by atoms with Crippen molar-refractivity contribution >= 4 is 17.2 Å². The van der Waals surface area contributed by atoms with Gasteiger partial charge in [0.05, 0.1) is 12.3 Å². The maximum absolute atomic E-state index is 12.3. The van der Waals surface area contributed by atoms with Crippen LogP contribution in [0.1, 0.15) is 16.7 Å². The summed E-state index contributed by atoms with van der Waals surface area (Å²) in [6.07, 6.45) is 4.00. The van der Waals surface area contributed by atoms with Crippen LogP contribution in [0.3, 0.4) is 0 Å². The lowest BCUT2D eigenvalue weighted by molar-refractivity contribution is -0.121. The number of nitrogens with zero attached hydrogens (tertiary/aromatic N) is 2. The van der Waals surface area contributed by atoms with Crippen molar-refractivity contribution in [3.63, 3.8) is 0 Å². The molecule has 0 aliphatic carbocycles. The van der Waals surface area contributed by atoms with E-state index in [0.717, 1.165) is 33.7 Å². The van der Waals surface area contributed by atoms with Crippen molar-refractivity contribution in [3.05, 3.63) is 89.7 Å². The van der Waals surface area contributed by atoms with Crippen molar-refractivity contribution < 1.29 is 9.53 Å². The number of imidazole rings is 1. The highest BCUT2D eigenvalue weighted by molar-refractivity contribution is 5.93. The summed E-state index contributed by atoms with van der Waals surface area (Å²) in [7, 11) is 0. The van der Waals surface area contributed by atoms with Crippen molar-refractivity contribution in [1.82, 2.24) is 9.38 Å². The van der Waals surface area contributed by atoms with Gasteiger partial charge in [-0.1, -0.05) is 42.5 Å². The van der Waals surface area contributed by atoms with Crippen LogP contribution < -0.4 is 5.32 Å². The fourth-order valence-corrected chi connectivity index (χ4v) is 3.16. The molecule has 0 spiro atoms. The minimum absolute atomic E-state index is 0.00615. The third-order valence-electron chi connectivity index (χ3n) is 4.77. The SMILES string of the molecule is Cc1ccn2cc(-c3ccc(C)c(NC(=O)COCc4ccccc4)c3)nc2c1. The molecule has 29 heavy (non-hydrogen) atoms. The summed E-state index contributed by atoms with van der Waals surface area (Å²) in [5.74, 6) is -0.174. The lowest BCUT2D eigenvalue weighted by Crippen LogP contribution is -2.18. The highest BCUT2D eigenvalue weighted by Gasteiger charge is 2.10. The minimum atomic E-state index is -0.174.